The van der Waals surface area contributed by atoms with Crippen molar-refractivity contribution in [3.05, 3.63) is 40.4 Å². The van der Waals surface area contributed by atoms with Gasteiger partial charge in [-0.05, 0) is 16.9 Å². The lowest BCUT2D eigenvalue weighted by molar-refractivity contribution is -0.515. The monoisotopic (exact) mass is 382 g/mol. The van der Waals surface area contributed by atoms with Crippen molar-refractivity contribution in [2.75, 3.05) is 43.1 Å². The molecule has 0 saturated carbocycles. The highest BCUT2D eigenvalue weighted by atomic mass is 19.4. The number of hydrogen-bond donors (Lipinski definition) is 4. The molecular weight excluding hydrogens is 363 g/mol. The van der Waals surface area contributed by atoms with Crippen molar-refractivity contribution in [2.24, 2.45) is 0 Å². The van der Waals surface area contributed by atoms with Crippen molar-refractivity contribution in [3.63, 3.8) is 0 Å². The molecular formula is C16H19F3N7O+. The van der Waals surface area contributed by atoms with Crippen LogP contribution in [0.15, 0.2) is 24.4 Å². The van der Waals surface area contributed by atoms with Crippen molar-refractivity contribution in [2.45, 2.75) is 6.18 Å². The van der Waals surface area contributed by atoms with E-state index in [1.807, 2.05) is 0 Å². The van der Waals surface area contributed by atoms with Crippen LogP contribution in [0.25, 0.3) is 0 Å². The summed E-state index contributed by atoms with van der Waals surface area (Å²) in [5.41, 5.74) is 0.519. The van der Waals surface area contributed by atoms with E-state index >= 15 is 0 Å². The Morgan fingerprint density at radius 3 is 2.59 bits per heavy atom. The minimum Gasteiger partial charge on any atom is -0.378 e. The highest BCUT2D eigenvalue weighted by Gasteiger charge is 2.35. The van der Waals surface area contributed by atoms with Gasteiger partial charge in [-0.15, -0.1) is 0 Å². The topological polar surface area (TPSA) is 106 Å². The molecule has 8 nitrogen and oxygen atoms in total. The number of hydrogen-bond acceptors (Lipinski definition) is 7. The molecule has 27 heavy (non-hydrogen) atoms. The van der Waals surface area contributed by atoms with Gasteiger partial charge >= 0.3 is 6.18 Å². The van der Waals surface area contributed by atoms with Crippen molar-refractivity contribution in [3.8, 4) is 0 Å². The highest BCUT2D eigenvalue weighted by molar-refractivity contribution is 5.94. The van der Waals surface area contributed by atoms with Crippen LogP contribution in [-0.4, -0.2) is 48.1 Å². The molecule has 1 heterocycles. The Morgan fingerprint density at radius 2 is 2.00 bits per heavy atom. The third kappa shape index (κ3) is 5.12. The summed E-state index contributed by atoms with van der Waals surface area (Å²) in [7, 11) is 2.74. The van der Waals surface area contributed by atoms with Gasteiger partial charge in [0.15, 0.2) is 7.05 Å². The first-order chi connectivity index (χ1) is 12.8. The van der Waals surface area contributed by atoms with Crippen LogP contribution < -0.4 is 16.0 Å². The van der Waals surface area contributed by atoms with Gasteiger partial charge in [0.1, 0.15) is 11.4 Å². The molecule has 2 rings (SSSR count). The molecule has 0 atom stereocenters. The zero-order valence-corrected chi connectivity index (χ0v) is 14.7. The average molecular weight is 382 g/mol. The van der Waals surface area contributed by atoms with Crippen molar-refractivity contribution < 1.29 is 17.9 Å². The Hall–Kier alpha value is -3.24. The number of alkyl halides is 3. The van der Waals surface area contributed by atoms with Gasteiger partial charge in [-0.3, -0.25) is 0 Å². The number of anilines is 4. The van der Waals surface area contributed by atoms with Crippen LogP contribution in [0.1, 0.15) is 11.1 Å². The summed E-state index contributed by atoms with van der Waals surface area (Å²) in [5.74, 6) is -0.406. The standard InChI is InChI=1S/C16H19F3N7O/c1-21-14-11(16(17,18)19)9-23-15(25-14)24-13-5-3-4-12(10(13)8-20)22-6-7-26(2)27/h3-5,8-9,20,22H,6-7H2,1-2H3,(H2,21,23,24,25)/q+1. The molecule has 0 fully saturated rings. The number of rotatable bonds is 8. The maximum Gasteiger partial charge on any atom is 0.421 e. The second-order valence-electron chi connectivity index (χ2n) is 5.52. The number of nitroso groups, excluding NO2 is 1. The Labute approximate surface area is 153 Å². The van der Waals surface area contributed by atoms with Crippen molar-refractivity contribution >= 4 is 29.4 Å². The molecule has 144 valence electrons. The SMILES string of the molecule is CNc1nc(Nc2cccc(NCC[N+](C)=O)c2C=N)ncc1C(F)(F)F. The lowest BCUT2D eigenvalue weighted by Crippen LogP contribution is -2.16. The number of nitrogens with one attached hydrogen (secondary N) is 4. The van der Waals surface area contributed by atoms with E-state index in [-0.39, 0.29) is 18.3 Å². The molecule has 0 saturated heterocycles. The van der Waals surface area contributed by atoms with Crippen molar-refractivity contribution in [1.29, 1.82) is 5.41 Å². The molecule has 0 radical (unpaired) electrons. The van der Waals surface area contributed by atoms with Crippen LogP contribution in [0.5, 0.6) is 0 Å². The molecule has 0 spiro atoms. The van der Waals surface area contributed by atoms with Gasteiger partial charge in [0, 0.05) is 35.6 Å². The zero-order valence-electron chi connectivity index (χ0n) is 14.7. The van der Waals surface area contributed by atoms with E-state index in [0.29, 0.717) is 29.7 Å². The molecule has 2 aromatic rings. The van der Waals surface area contributed by atoms with E-state index in [4.69, 9.17) is 5.41 Å². The van der Waals surface area contributed by atoms with Gasteiger partial charge in [-0.1, -0.05) is 6.07 Å². The van der Waals surface area contributed by atoms with E-state index in [2.05, 4.69) is 25.9 Å². The zero-order chi connectivity index (χ0) is 20.0. The fraction of sp³-hybridized carbons (Fsp3) is 0.312. The number of likely N-dealkylation sites (N-methyl/N-ethyl adjacent to an activating group) is 1. The fourth-order valence-corrected chi connectivity index (χ4v) is 2.29. The molecule has 0 aliphatic heterocycles. The lowest BCUT2D eigenvalue weighted by atomic mass is 10.1. The first kappa shape index (κ1) is 20.1. The normalized spacial score (nSPS) is 11.0. The Kier molecular flexibility index (Phi) is 6.27. The second kappa shape index (κ2) is 8.43. The van der Waals surface area contributed by atoms with Crippen molar-refractivity contribution in [1.82, 2.24) is 9.97 Å². The smallest absolute Gasteiger partial charge is 0.378 e. The number of halogens is 3. The lowest BCUT2D eigenvalue weighted by Gasteiger charge is -2.15. The molecule has 0 amide bonds. The largest absolute Gasteiger partial charge is 0.421 e. The second-order valence-corrected chi connectivity index (χ2v) is 5.52. The molecule has 0 unspecified atom stereocenters. The third-order valence-electron chi connectivity index (χ3n) is 3.57. The maximum absolute atomic E-state index is 12.9. The summed E-state index contributed by atoms with van der Waals surface area (Å²) in [6, 6.07) is 5.07. The Balaban J connectivity index is 2.29. The molecule has 1 aromatic carbocycles. The predicted molar refractivity (Wildman–Crippen MR) is 97.1 cm³/mol. The molecule has 11 heteroatoms. The van der Waals surface area contributed by atoms with Gasteiger partial charge in [0.05, 0.1) is 12.2 Å². The predicted octanol–water partition coefficient (Wildman–Crippen LogP) is 3.10. The fourth-order valence-electron chi connectivity index (χ4n) is 2.29. The van der Waals surface area contributed by atoms with Gasteiger partial charge in [0.2, 0.25) is 12.5 Å². The summed E-state index contributed by atoms with van der Waals surface area (Å²) in [5, 5.41) is 15.9. The summed E-state index contributed by atoms with van der Waals surface area (Å²) in [6.07, 6.45) is -2.79. The Bertz CT molecular complexity index is 839. The van der Waals surface area contributed by atoms with Gasteiger partial charge in [0.25, 0.3) is 0 Å². The molecule has 4 N–H and O–H groups in total. The molecule has 1 aromatic heterocycles. The molecule has 0 aliphatic carbocycles. The number of benzene rings is 1. The highest BCUT2D eigenvalue weighted by Crippen LogP contribution is 2.34. The molecule has 0 aliphatic rings. The third-order valence-corrected chi connectivity index (χ3v) is 3.57. The molecule has 0 bridgehead atoms. The van der Waals surface area contributed by atoms with Crippen LogP contribution >= 0.6 is 0 Å². The van der Waals surface area contributed by atoms with Crippen LogP contribution in [0, 0.1) is 10.3 Å². The van der Waals surface area contributed by atoms with E-state index in [9.17, 15) is 18.1 Å². The first-order valence-electron chi connectivity index (χ1n) is 7.91. The van der Waals surface area contributed by atoms with Crippen LogP contribution in [0.3, 0.4) is 0 Å². The average Bonchev–Trinajstić information content (AvgIpc) is 2.60. The maximum atomic E-state index is 12.9. The summed E-state index contributed by atoms with van der Waals surface area (Å²) < 4.78 is 39.6. The number of nitrogens with zero attached hydrogens (tertiary/aromatic N) is 3. The van der Waals surface area contributed by atoms with E-state index in [0.717, 1.165) is 11.0 Å². The summed E-state index contributed by atoms with van der Waals surface area (Å²) in [4.78, 5) is 18.5. The van der Waals surface area contributed by atoms with Gasteiger partial charge in [-0.2, -0.15) is 18.2 Å². The van der Waals surface area contributed by atoms with E-state index in [1.54, 1.807) is 18.2 Å². The number of aromatic nitrogens is 2. The Morgan fingerprint density at radius 1 is 1.30 bits per heavy atom. The van der Waals surface area contributed by atoms with E-state index < -0.39 is 11.7 Å². The van der Waals surface area contributed by atoms with E-state index in [1.165, 1.54) is 14.1 Å². The van der Waals surface area contributed by atoms with Crippen LogP contribution in [-0.2, 0) is 6.18 Å². The van der Waals surface area contributed by atoms with Gasteiger partial charge < -0.3 is 21.4 Å². The quantitative estimate of drug-likeness (QED) is 0.413. The van der Waals surface area contributed by atoms with Crippen LogP contribution in [0.2, 0.25) is 0 Å². The minimum absolute atomic E-state index is 0.0492. The summed E-state index contributed by atoms with van der Waals surface area (Å²) in [6.45, 7) is 0.619. The summed E-state index contributed by atoms with van der Waals surface area (Å²) >= 11 is 0. The first-order valence-corrected chi connectivity index (χ1v) is 7.91. The van der Waals surface area contributed by atoms with Crippen LogP contribution in [0.4, 0.5) is 36.3 Å². The van der Waals surface area contributed by atoms with Gasteiger partial charge in [-0.25, -0.2) is 4.98 Å². The minimum atomic E-state index is -4.57.